The topological polar surface area (TPSA) is 305 Å². The van der Waals surface area contributed by atoms with E-state index in [1.165, 1.54) is 26.2 Å². The maximum absolute atomic E-state index is 15.5. The Morgan fingerprint density at radius 2 is 0.585 bits per heavy atom. The Hall–Kier alpha value is -10.7. The number of rotatable bonds is 39. The summed E-state index contributed by atoms with van der Waals surface area (Å²) in [6, 6.07) is 90.0. The molecule has 0 radical (unpaired) electrons. The Labute approximate surface area is 756 Å². The van der Waals surface area contributed by atoms with Gasteiger partial charge in [-0.05, 0) is 96.1 Å². The number of benzene rings is 10. The first-order chi connectivity index (χ1) is 63.6. The zero-order valence-electron chi connectivity index (χ0n) is 72.9. The molecule has 10 aromatic carbocycles. The predicted octanol–water partition coefficient (Wildman–Crippen LogP) is 13.1. The SMILES string of the molecule is CO[C@@H]1O[C@H](CO)[C@@H](O)[C@H](O[C@@H]2O[C@@H](C)[C@H](OCc3ccccc3)[C@@H](O[C@@H]3O[C@@H](C)[C@H](OCc4ccccc4)[C@@H](O[C@H]4O[C@H](COCc5ccccc5)[C@@H](OCc5ccccc5)[C@H](OCc5ccccc5)[C@H]4OCc4ccccc4)[C@H]3O[C@@H]3O[C@@H](C)[C@H](OC(=O)c4ccccc4)[C@@H](OC(=O)c4ccccc4)[C@H]3OC(=O)c3ccccc3)[C@H]2OCc2ccccc2)[C@H]1NC(C)=O. The first-order valence-corrected chi connectivity index (χ1v) is 43.9. The number of nitrogens with one attached hydrogen (secondary N) is 1. The van der Waals surface area contributed by atoms with Crippen LogP contribution in [0.1, 0.15) is 97.7 Å². The van der Waals surface area contributed by atoms with E-state index in [1.807, 2.05) is 212 Å². The van der Waals surface area contributed by atoms with Crippen LogP contribution in [0.2, 0.25) is 0 Å². The fourth-order valence-corrected chi connectivity index (χ4v) is 16.7. The number of carbonyl (C=O) groups excluding carboxylic acids is 4. The van der Waals surface area contributed by atoms with Gasteiger partial charge in [0.25, 0.3) is 0 Å². The molecule has 0 spiro atoms. The molecule has 3 N–H and O–H groups in total. The zero-order chi connectivity index (χ0) is 90.1. The van der Waals surface area contributed by atoms with Gasteiger partial charge in [0.1, 0.15) is 85.4 Å². The van der Waals surface area contributed by atoms with Crippen LogP contribution in [-0.2, 0) is 146 Å². The van der Waals surface area contributed by atoms with Crippen molar-refractivity contribution in [3.05, 3.63) is 359 Å². The van der Waals surface area contributed by atoms with Gasteiger partial charge < -0.3 is 110 Å². The van der Waals surface area contributed by atoms with Gasteiger partial charge >= 0.3 is 17.9 Å². The maximum Gasteiger partial charge on any atom is 0.338 e. The zero-order valence-corrected chi connectivity index (χ0v) is 72.9. The molecular weight excluding hydrogens is 1670 g/mol. The summed E-state index contributed by atoms with van der Waals surface area (Å²) < 4.78 is 143. The van der Waals surface area contributed by atoms with E-state index < -0.39 is 184 Å². The van der Waals surface area contributed by atoms with Crippen LogP contribution < -0.4 is 5.32 Å². The van der Waals surface area contributed by atoms with Crippen molar-refractivity contribution >= 4 is 23.8 Å². The minimum absolute atomic E-state index is 0.0329. The summed E-state index contributed by atoms with van der Waals surface area (Å²) in [5, 5.41) is 26.2. The standard InChI is InChI=1S/C103H111NO26/c1-65-83(113-58-70-38-18-7-19-39-70)89(93(118-63-75-48-28-12-29-49-75)100(119-65)127-87-81(104-68(4)106)99(111-5)122-79(56-105)82(87)107)128-103-95(130-102-94(126-98(110)78-54-34-15-35-55-78)91(125-97(109)77-52-32-14-33-53-77)85(67(3)121-102)124-96(108)76-50-30-13-31-51-76)90(84(66(2)120-103)114-59-71-40-20-8-21-41-71)129-101-92(117-62-74-46-26-11-27-47-74)88(116-61-73-44-24-10-25-45-73)86(115-60-72-42-22-9-23-43-72)80(123-101)64-112-57-69-36-16-6-17-37-69/h6-55,65-67,79-95,99-103,105,107H,56-64H2,1-5H3,(H,104,106)/t65-,66-,67-,79+,80+,81+,82+,83-,84-,85-,86+,87+,88-,89+,90+,91+,92+,93+,94+,95+,99+,100-,101+,102-,103-/m0/s1. The molecule has 5 heterocycles. The van der Waals surface area contributed by atoms with Crippen LogP contribution in [0.5, 0.6) is 0 Å². The van der Waals surface area contributed by atoms with Gasteiger partial charge in [0, 0.05) is 14.0 Å². The third-order valence-electron chi connectivity index (χ3n) is 23.3. The first kappa shape index (κ1) is 94.0. The Morgan fingerprint density at radius 3 is 0.969 bits per heavy atom. The number of hydrogen-bond donors (Lipinski definition) is 3. The molecule has 10 aromatic rings. The molecule has 130 heavy (non-hydrogen) atoms. The average Bonchev–Trinajstić information content (AvgIpc) is 0.751. The van der Waals surface area contributed by atoms with E-state index in [0.29, 0.717) is 5.56 Å². The number of esters is 3. The minimum Gasteiger partial charge on any atom is -0.452 e. The lowest BCUT2D eigenvalue weighted by Gasteiger charge is -2.53. The number of amides is 1. The van der Waals surface area contributed by atoms with Crippen LogP contribution in [0, 0.1) is 0 Å². The Bertz CT molecular complexity index is 5060. The number of methoxy groups -OCH3 is 1. The van der Waals surface area contributed by atoms with Gasteiger partial charge in [0.2, 0.25) is 5.91 Å². The van der Waals surface area contributed by atoms with E-state index >= 15 is 9.59 Å². The molecule has 5 saturated heterocycles. The van der Waals surface area contributed by atoms with Crippen molar-refractivity contribution in [2.24, 2.45) is 0 Å². The molecule has 1 amide bonds. The summed E-state index contributed by atoms with van der Waals surface area (Å²) in [5.41, 5.74) is 5.76. The van der Waals surface area contributed by atoms with Crippen molar-refractivity contribution < 1.29 is 124 Å². The lowest BCUT2D eigenvalue weighted by atomic mass is 9.94. The molecule has 5 aliphatic rings. The van der Waals surface area contributed by atoms with E-state index in [1.54, 1.807) is 99.6 Å². The van der Waals surface area contributed by atoms with E-state index in [-0.39, 0.29) is 69.5 Å². The van der Waals surface area contributed by atoms with Gasteiger partial charge in [-0.2, -0.15) is 0 Å². The third kappa shape index (κ3) is 24.7. The van der Waals surface area contributed by atoms with E-state index in [0.717, 1.165) is 33.4 Å². The Balaban J connectivity index is 0.933. The Morgan fingerprint density at radius 1 is 0.300 bits per heavy atom. The average molecular weight is 1780 g/mol. The van der Waals surface area contributed by atoms with Crippen molar-refractivity contribution in [1.29, 1.82) is 0 Å². The van der Waals surface area contributed by atoms with E-state index in [9.17, 15) is 19.8 Å². The molecule has 15 rings (SSSR count). The highest BCUT2D eigenvalue weighted by molar-refractivity contribution is 5.91. The van der Waals surface area contributed by atoms with Crippen molar-refractivity contribution in [3.63, 3.8) is 0 Å². The van der Waals surface area contributed by atoms with Gasteiger partial charge in [-0.15, -0.1) is 0 Å². The van der Waals surface area contributed by atoms with Crippen molar-refractivity contribution in [1.82, 2.24) is 5.32 Å². The van der Waals surface area contributed by atoms with Crippen LogP contribution in [0.4, 0.5) is 0 Å². The normalized spacial score (nSPS) is 29.1. The van der Waals surface area contributed by atoms with Crippen LogP contribution in [0.25, 0.3) is 0 Å². The molecule has 27 nitrogen and oxygen atoms in total. The largest absolute Gasteiger partial charge is 0.452 e. The summed E-state index contributed by atoms with van der Waals surface area (Å²) >= 11 is 0. The van der Waals surface area contributed by atoms with Crippen LogP contribution in [0.3, 0.4) is 0 Å². The summed E-state index contributed by atoms with van der Waals surface area (Å²) in [6.07, 6.45) is -34.8. The van der Waals surface area contributed by atoms with Crippen molar-refractivity contribution in [2.45, 2.75) is 227 Å². The lowest BCUT2D eigenvalue weighted by Crippen LogP contribution is -2.70. The number of aliphatic hydroxyl groups excluding tert-OH is 2. The fraction of sp³-hybridized carbons (Fsp3) is 0.379. The number of hydrogen-bond acceptors (Lipinski definition) is 26. The molecule has 5 aliphatic heterocycles. The van der Waals surface area contributed by atoms with Gasteiger partial charge in [-0.1, -0.05) is 267 Å². The molecule has 27 heteroatoms. The second-order valence-corrected chi connectivity index (χ2v) is 32.5. The van der Waals surface area contributed by atoms with Gasteiger partial charge in [-0.3, -0.25) is 4.79 Å². The summed E-state index contributed by atoms with van der Waals surface area (Å²) in [6.45, 7) is 5.57. The molecule has 0 bridgehead atoms. The highest BCUT2D eigenvalue weighted by Gasteiger charge is 2.61. The highest BCUT2D eigenvalue weighted by Crippen LogP contribution is 2.43. The van der Waals surface area contributed by atoms with Gasteiger partial charge in [-0.25, -0.2) is 14.4 Å². The minimum atomic E-state index is -1.94. The summed E-state index contributed by atoms with van der Waals surface area (Å²) in [5.74, 6) is -3.23. The van der Waals surface area contributed by atoms with Gasteiger partial charge in [0.15, 0.2) is 49.8 Å². The lowest BCUT2D eigenvalue weighted by molar-refractivity contribution is -0.412. The molecule has 684 valence electrons. The number of ether oxygens (including phenoxy) is 20. The monoisotopic (exact) mass is 1780 g/mol. The van der Waals surface area contributed by atoms with Crippen LogP contribution in [-0.4, -0.2) is 208 Å². The number of carbonyl (C=O) groups is 4. The second-order valence-electron chi connectivity index (χ2n) is 32.5. The van der Waals surface area contributed by atoms with Crippen molar-refractivity contribution in [3.8, 4) is 0 Å². The molecule has 0 aromatic heterocycles. The van der Waals surface area contributed by atoms with E-state index in [2.05, 4.69) is 5.32 Å². The smallest absolute Gasteiger partial charge is 0.338 e. The second kappa shape index (κ2) is 46.9. The molecule has 0 aliphatic carbocycles. The molecule has 25 atom stereocenters. The van der Waals surface area contributed by atoms with Gasteiger partial charge in [0.05, 0.1) is 94.5 Å². The predicted molar refractivity (Wildman–Crippen MR) is 471 cm³/mol. The van der Waals surface area contributed by atoms with Crippen molar-refractivity contribution in [2.75, 3.05) is 20.3 Å². The number of aliphatic hydroxyl groups is 2. The fourth-order valence-electron chi connectivity index (χ4n) is 16.7. The van der Waals surface area contributed by atoms with Crippen LogP contribution >= 0.6 is 0 Å². The first-order valence-electron chi connectivity index (χ1n) is 43.9. The molecule has 0 unspecified atom stereocenters. The van der Waals surface area contributed by atoms with Crippen LogP contribution in [0.15, 0.2) is 303 Å². The Kier molecular flexibility index (Phi) is 33.9. The molecular formula is C103H111NO26. The maximum atomic E-state index is 15.5. The quantitative estimate of drug-likeness (QED) is 0.0238. The highest BCUT2D eigenvalue weighted by atomic mass is 16.8. The summed E-state index contributed by atoms with van der Waals surface area (Å²) in [4.78, 5) is 58.9. The molecule has 5 fully saturated rings. The third-order valence-corrected chi connectivity index (χ3v) is 23.3. The summed E-state index contributed by atoms with van der Waals surface area (Å²) in [7, 11) is 1.35. The molecule has 0 saturated carbocycles. The van der Waals surface area contributed by atoms with E-state index in [4.69, 9.17) is 94.7 Å².